The molecule has 0 fully saturated rings. The van der Waals surface area contributed by atoms with Gasteiger partial charge in [-0.15, -0.1) is 0 Å². The lowest BCUT2D eigenvalue weighted by Gasteiger charge is -2.27. The van der Waals surface area contributed by atoms with Gasteiger partial charge in [0.25, 0.3) is 0 Å². The Bertz CT molecular complexity index is 3890. The van der Waals surface area contributed by atoms with E-state index in [-0.39, 0.29) is 10.8 Å². The number of rotatable bonds is 3. The van der Waals surface area contributed by atoms with Crippen LogP contribution in [0.5, 0.6) is 0 Å². The fourth-order valence-corrected chi connectivity index (χ4v) is 10.9. The molecular formula is C58H45N3. The molecular weight excluding hydrogens is 739 g/mol. The molecule has 3 heteroatoms. The van der Waals surface area contributed by atoms with Gasteiger partial charge in [-0.2, -0.15) is 0 Å². The summed E-state index contributed by atoms with van der Waals surface area (Å²) in [6, 6.07) is 61.7. The Kier molecular flexibility index (Phi) is 6.72. The number of nitrogens with zero attached hydrogens (tertiary/aromatic N) is 3. The first-order valence-electron chi connectivity index (χ1n) is 21.7. The minimum absolute atomic E-state index is 0.0378. The van der Waals surface area contributed by atoms with Crippen LogP contribution in [0.4, 0.5) is 17.1 Å². The van der Waals surface area contributed by atoms with Gasteiger partial charge in [0, 0.05) is 54.5 Å². The smallest absolute Gasteiger partial charge is 0.0789 e. The summed E-state index contributed by atoms with van der Waals surface area (Å²) in [5.41, 5.74) is 13.8. The summed E-state index contributed by atoms with van der Waals surface area (Å²) in [5.74, 6) is 0. The van der Waals surface area contributed by atoms with Crippen LogP contribution >= 0.6 is 0 Å². The van der Waals surface area contributed by atoms with Gasteiger partial charge in [0.05, 0.1) is 38.8 Å². The minimum Gasteiger partial charge on any atom is -0.308 e. The Balaban J connectivity index is 1.30. The predicted molar refractivity (Wildman–Crippen MR) is 263 cm³/mol. The van der Waals surface area contributed by atoms with Crippen LogP contribution in [-0.4, -0.2) is 8.80 Å². The Hall–Kier alpha value is -7.10. The molecule has 0 unspecified atom stereocenters. The number of fused-ring (bicyclic) bond motifs is 17. The van der Waals surface area contributed by atoms with Crippen molar-refractivity contribution in [3.8, 4) is 0 Å². The van der Waals surface area contributed by atoms with Crippen molar-refractivity contribution in [1.29, 1.82) is 0 Å². The zero-order valence-corrected chi connectivity index (χ0v) is 35.4. The molecule has 0 amide bonds. The lowest BCUT2D eigenvalue weighted by atomic mass is 9.84. The van der Waals surface area contributed by atoms with Crippen LogP contribution < -0.4 is 4.90 Å². The first-order valence-corrected chi connectivity index (χ1v) is 21.7. The molecule has 0 bridgehead atoms. The molecule has 0 aliphatic carbocycles. The van der Waals surface area contributed by atoms with Crippen LogP contribution in [0.2, 0.25) is 0 Å². The SMILES string of the molecule is CC(C)(C)c1ccc2c(c1)c1cc(C(C)(C)C)cc3c4c5c6c7ccccc7cc7c8c9ccccc9cc(N(c9ccccc9)c9ccccc9)c8n(c5ccc4n2c13)c76. The monoisotopic (exact) mass is 783 g/mol. The molecule has 0 atom stereocenters. The molecule has 0 N–H and O–H groups in total. The van der Waals surface area contributed by atoms with E-state index >= 15 is 0 Å². The topological polar surface area (TPSA) is 12.1 Å². The Labute approximate surface area is 354 Å². The number of para-hydroxylation sites is 2. The van der Waals surface area contributed by atoms with Gasteiger partial charge in [-0.25, -0.2) is 0 Å². The van der Waals surface area contributed by atoms with E-state index in [4.69, 9.17) is 0 Å². The van der Waals surface area contributed by atoms with E-state index in [1.54, 1.807) is 0 Å². The van der Waals surface area contributed by atoms with Gasteiger partial charge in [-0.05, 0) is 116 Å². The van der Waals surface area contributed by atoms with E-state index in [1.165, 1.54) is 109 Å². The zero-order valence-electron chi connectivity index (χ0n) is 35.4. The van der Waals surface area contributed by atoms with Gasteiger partial charge >= 0.3 is 0 Å². The van der Waals surface area contributed by atoms with Crippen molar-refractivity contribution in [3.05, 3.63) is 175 Å². The van der Waals surface area contributed by atoms with E-state index in [9.17, 15) is 0 Å². The summed E-state index contributed by atoms with van der Waals surface area (Å²) in [6.07, 6.45) is 0. The molecule has 0 aliphatic rings. The van der Waals surface area contributed by atoms with Crippen molar-refractivity contribution >= 4 is 115 Å². The van der Waals surface area contributed by atoms with E-state index < -0.39 is 0 Å². The molecule has 13 aromatic rings. The highest BCUT2D eigenvalue weighted by atomic mass is 15.2. The fourth-order valence-electron chi connectivity index (χ4n) is 10.9. The van der Waals surface area contributed by atoms with Crippen molar-refractivity contribution in [2.75, 3.05) is 4.90 Å². The summed E-state index contributed by atoms with van der Waals surface area (Å²) < 4.78 is 5.21. The maximum Gasteiger partial charge on any atom is 0.0789 e. The molecule has 292 valence electrons. The molecule has 9 aromatic carbocycles. The number of anilines is 3. The Morgan fingerprint density at radius 1 is 0.344 bits per heavy atom. The van der Waals surface area contributed by atoms with E-state index in [0.717, 1.165) is 17.1 Å². The first kappa shape index (κ1) is 34.7. The number of hydrogen-bond acceptors (Lipinski definition) is 1. The van der Waals surface area contributed by atoms with Crippen LogP contribution in [0.1, 0.15) is 52.7 Å². The maximum atomic E-state index is 2.63. The third-order valence-electron chi connectivity index (χ3n) is 13.8. The van der Waals surface area contributed by atoms with E-state index in [1.807, 2.05) is 0 Å². The van der Waals surface area contributed by atoms with Crippen molar-refractivity contribution in [3.63, 3.8) is 0 Å². The first-order chi connectivity index (χ1) is 29.6. The van der Waals surface area contributed by atoms with Crippen LogP contribution in [0.3, 0.4) is 0 Å². The fraction of sp³-hybridized carbons (Fsp3) is 0.138. The summed E-state index contributed by atoms with van der Waals surface area (Å²) in [6.45, 7) is 14.0. The standard InChI is InChI=1S/C58H45N3/c1-57(2,3)36-25-26-46-42(31-36)43-32-37(58(4,5)6)33-45-51-47(60(46)54(43)45)27-28-48-53(51)52-41-24-16-13-17-34(41)29-44-50-40-23-15-14-18-35(40)30-49(56(50)61(48)55(44)52)59(38-19-9-7-10-20-38)39-21-11-8-12-22-39/h7-33H,1-6H3. The maximum absolute atomic E-state index is 2.63. The second-order valence-electron chi connectivity index (χ2n) is 19.4. The molecule has 0 saturated heterocycles. The second-order valence-corrected chi connectivity index (χ2v) is 19.4. The Morgan fingerprint density at radius 3 is 1.52 bits per heavy atom. The summed E-state index contributed by atoms with van der Waals surface area (Å²) in [7, 11) is 0. The summed E-state index contributed by atoms with van der Waals surface area (Å²) in [4.78, 5) is 2.46. The highest BCUT2D eigenvalue weighted by Crippen LogP contribution is 2.53. The highest BCUT2D eigenvalue weighted by Gasteiger charge is 2.30. The normalized spacial score (nSPS) is 13.1. The molecule has 4 heterocycles. The number of aromatic nitrogens is 2. The predicted octanol–water partition coefficient (Wildman–Crippen LogP) is 16.4. The molecule has 4 aromatic heterocycles. The summed E-state index contributed by atoms with van der Waals surface area (Å²) >= 11 is 0. The lowest BCUT2D eigenvalue weighted by molar-refractivity contribution is 0.590. The molecule has 0 radical (unpaired) electrons. The van der Waals surface area contributed by atoms with Crippen molar-refractivity contribution < 1.29 is 0 Å². The van der Waals surface area contributed by atoms with Gasteiger partial charge < -0.3 is 13.7 Å². The lowest BCUT2D eigenvalue weighted by Crippen LogP contribution is -2.11. The van der Waals surface area contributed by atoms with Crippen molar-refractivity contribution in [2.24, 2.45) is 0 Å². The Morgan fingerprint density at radius 2 is 0.869 bits per heavy atom. The average Bonchev–Trinajstić information content (AvgIpc) is 3.99. The number of benzene rings is 9. The molecule has 0 aliphatic heterocycles. The second kappa shape index (κ2) is 11.8. The molecule has 0 saturated carbocycles. The third-order valence-corrected chi connectivity index (χ3v) is 13.8. The van der Waals surface area contributed by atoms with Crippen LogP contribution in [0.25, 0.3) is 97.7 Å². The number of hydrogen-bond donors (Lipinski definition) is 0. The zero-order chi connectivity index (χ0) is 41.1. The molecule has 13 rings (SSSR count). The van der Waals surface area contributed by atoms with Crippen molar-refractivity contribution in [1.82, 2.24) is 8.80 Å². The van der Waals surface area contributed by atoms with Crippen LogP contribution in [0.15, 0.2) is 164 Å². The molecule has 3 nitrogen and oxygen atoms in total. The highest BCUT2D eigenvalue weighted by molar-refractivity contribution is 6.41. The van der Waals surface area contributed by atoms with Gasteiger partial charge in [0.1, 0.15) is 0 Å². The van der Waals surface area contributed by atoms with Crippen LogP contribution in [0, 0.1) is 0 Å². The largest absolute Gasteiger partial charge is 0.308 e. The van der Waals surface area contributed by atoms with E-state index in [0.29, 0.717) is 0 Å². The third kappa shape index (κ3) is 4.58. The molecule has 61 heavy (non-hydrogen) atoms. The average molecular weight is 784 g/mol. The van der Waals surface area contributed by atoms with Gasteiger partial charge in [-0.1, -0.05) is 133 Å². The minimum atomic E-state index is -0.0378. The summed E-state index contributed by atoms with van der Waals surface area (Å²) in [5, 5.41) is 15.7. The molecule has 0 spiro atoms. The van der Waals surface area contributed by atoms with Crippen LogP contribution in [-0.2, 0) is 10.8 Å². The van der Waals surface area contributed by atoms with Gasteiger partial charge in [0.15, 0.2) is 0 Å². The van der Waals surface area contributed by atoms with Gasteiger partial charge in [-0.3, -0.25) is 0 Å². The van der Waals surface area contributed by atoms with E-state index in [2.05, 4.69) is 219 Å². The van der Waals surface area contributed by atoms with Gasteiger partial charge in [0.2, 0.25) is 0 Å². The quantitative estimate of drug-likeness (QED) is 0.174. The van der Waals surface area contributed by atoms with Crippen molar-refractivity contribution in [2.45, 2.75) is 52.4 Å².